The highest BCUT2D eigenvalue weighted by Gasteiger charge is 2.20. The van der Waals surface area contributed by atoms with Gasteiger partial charge in [-0.15, -0.1) is 0 Å². The number of benzene rings is 2. The van der Waals surface area contributed by atoms with E-state index in [1.165, 1.54) is 26.9 Å². The summed E-state index contributed by atoms with van der Waals surface area (Å²) in [4.78, 5) is 12.2. The quantitative estimate of drug-likeness (QED) is 0.255. The molecule has 2 aromatic carbocycles. The molecule has 1 aliphatic rings. The van der Waals surface area contributed by atoms with Gasteiger partial charge in [0.05, 0.1) is 36.6 Å². The Morgan fingerprint density at radius 2 is 1.74 bits per heavy atom. The first-order valence-electron chi connectivity index (χ1n) is 10.2. The number of hydrogen-bond acceptors (Lipinski definition) is 5. The van der Waals surface area contributed by atoms with Gasteiger partial charge in [-0.3, -0.25) is 0 Å². The first-order valence-corrected chi connectivity index (χ1v) is 11.0. The van der Waals surface area contributed by atoms with Crippen LogP contribution in [0.1, 0.15) is 43.2 Å². The summed E-state index contributed by atoms with van der Waals surface area (Å²) in [7, 11) is 2.80. The van der Waals surface area contributed by atoms with Crippen LogP contribution in [-0.4, -0.2) is 26.3 Å². The van der Waals surface area contributed by atoms with Crippen LogP contribution < -0.4 is 9.47 Å². The number of rotatable bonds is 8. The van der Waals surface area contributed by atoms with Gasteiger partial charge in [-0.05, 0) is 36.8 Å². The molecule has 0 spiro atoms. The minimum absolute atomic E-state index is 0.145. The topological polar surface area (TPSA) is 54.0 Å². The molecule has 0 N–H and O–H groups in total. The van der Waals surface area contributed by atoms with E-state index in [9.17, 15) is 4.79 Å². The largest absolute Gasteiger partial charge is 0.503 e. The van der Waals surface area contributed by atoms with Gasteiger partial charge in [-0.1, -0.05) is 53.9 Å². The van der Waals surface area contributed by atoms with Crippen LogP contribution in [0.3, 0.4) is 0 Å². The molecular formula is C24H26Cl2O5. The molecule has 0 unspecified atom stereocenters. The Labute approximate surface area is 192 Å². The highest BCUT2D eigenvalue weighted by Crippen LogP contribution is 2.39. The SMILES string of the molecule is CO/C=C(/C(=O)OC)c1ccccc1COc1cc(Cl)c(OC2CCCCC2)c(Cl)c1. The lowest BCUT2D eigenvalue weighted by Crippen LogP contribution is -2.20. The van der Waals surface area contributed by atoms with E-state index in [2.05, 4.69) is 0 Å². The van der Waals surface area contributed by atoms with E-state index in [0.29, 0.717) is 32.7 Å². The minimum Gasteiger partial charge on any atom is -0.503 e. The molecule has 2 aromatic rings. The van der Waals surface area contributed by atoms with E-state index in [0.717, 1.165) is 31.2 Å². The molecule has 0 radical (unpaired) electrons. The second-order valence-corrected chi connectivity index (χ2v) is 8.11. The van der Waals surface area contributed by atoms with Gasteiger partial charge < -0.3 is 18.9 Å². The van der Waals surface area contributed by atoms with Crippen molar-refractivity contribution in [3.05, 3.63) is 63.8 Å². The van der Waals surface area contributed by atoms with Crippen molar-refractivity contribution in [3.8, 4) is 11.5 Å². The van der Waals surface area contributed by atoms with Crippen LogP contribution >= 0.6 is 23.2 Å². The van der Waals surface area contributed by atoms with E-state index in [1.54, 1.807) is 12.1 Å². The molecule has 0 aromatic heterocycles. The van der Waals surface area contributed by atoms with Crippen LogP contribution in [0.25, 0.3) is 5.57 Å². The smallest absolute Gasteiger partial charge is 0.341 e. The van der Waals surface area contributed by atoms with Crippen LogP contribution in [0, 0.1) is 0 Å². The zero-order valence-corrected chi connectivity index (χ0v) is 19.2. The number of carbonyl (C=O) groups excluding carboxylic acids is 1. The predicted octanol–water partition coefficient (Wildman–Crippen LogP) is 6.44. The maximum Gasteiger partial charge on any atom is 0.341 e. The van der Waals surface area contributed by atoms with E-state index < -0.39 is 5.97 Å². The van der Waals surface area contributed by atoms with Crippen LogP contribution in [0.15, 0.2) is 42.7 Å². The molecule has 31 heavy (non-hydrogen) atoms. The summed E-state index contributed by atoms with van der Waals surface area (Å²) < 4.78 is 21.9. The van der Waals surface area contributed by atoms with Gasteiger partial charge in [0.15, 0.2) is 5.75 Å². The third-order valence-corrected chi connectivity index (χ3v) is 5.71. The van der Waals surface area contributed by atoms with Gasteiger partial charge in [0.1, 0.15) is 17.9 Å². The summed E-state index contributed by atoms with van der Waals surface area (Å²) in [6.07, 6.45) is 7.09. The summed E-state index contributed by atoms with van der Waals surface area (Å²) in [6.45, 7) is 0.198. The highest BCUT2D eigenvalue weighted by atomic mass is 35.5. The molecule has 166 valence electrons. The molecule has 7 heteroatoms. The third-order valence-electron chi connectivity index (χ3n) is 5.15. The molecule has 0 amide bonds. The Kier molecular flexibility index (Phi) is 8.50. The molecule has 3 rings (SSSR count). The van der Waals surface area contributed by atoms with Gasteiger partial charge in [-0.25, -0.2) is 4.79 Å². The first kappa shape index (κ1) is 23.3. The summed E-state index contributed by atoms with van der Waals surface area (Å²) in [6, 6.07) is 10.8. The average Bonchev–Trinajstić information content (AvgIpc) is 2.79. The Morgan fingerprint density at radius 1 is 1.06 bits per heavy atom. The van der Waals surface area contributed by atoms with E-state index in [4.69, 9.17) is 42.1 Å². The van der Waals surface area contributed by atoms with Gasteiger partial charge in [0.2, 0.25) is 0 Å². The van der Waals surface area contributed by atoms with Crippen molar-refractivity contribution in [1.82, 2.24) is 0 Å². The summed E-state index contributed by atoms with van der Waals surface area (Å²) in [5, 5.41) is 0.826. The van der Waals surface area contributed by atoms with Crippen LogP contribution in [0.2, 0.25) is 10.0 Å². The molecule has 1 aliphatic carbocycles. The average molecular weight is 465 g/mol. The molecule has 5 nitrogen and oxygen atoms in total. The normalized spacial score (nSPS) is 14.8. The van der Waals surface area contributed by atoms with Crippen molar-refractivity contribution in [2.75, 3.05) is 14.2 Å². The Bertz CT molecular complexity index is 912. The molecule has 1 fully saturated rings. The minimum atomic E-state index is -0.496. The number of esters is 1. The molecule has 0 aliphatic heterocycles. The zero-order valence-electron chi connectivity index (χ0n) is 17.7. The van der Waals surface area contributed by atoms with Crippen molar-refractivity contribution < 1.29 is 23.7 Å². The second kappa shape index (κ2) is 11.3. The molecule has 0 heterocycles. The fourth-order valence-electron chi connectivity index (χ4n) is 3.60. The lowest BCUT2D eigenvalue weighted by atomic mass is 9.98. The van der Waals surface area contributed by atoms with E-state index >= 15 is 0 Å². The monoisotopic (exact) mass is 464 g/mol. The van der Waals surface area contributed by atoms with Gasteiger partial charge >= 0.3 is 5.97 Å². The number of halogens is 2. The lowest BCUT2D eigenvalue weighted by molar-refractivity contribution is -0.133. The fourth-order valence-corrected chi connectivity index (χ4v) is 4.16. The third kappa shape index (κ3) is 6.08. The van der Waals surface area contributed by atoms with Crippen molar-refractivity contribution in [3.63, 3.8) is 0 Å². The standard InChI is InChI=1S/C24H26Cl2O5/c1-28-15-20(24(27)29-2)19-11-7-6-8-16(19)14-30-18-12-21(25)23(22(26)13-18)31-17-9-4-3-5-10-17/h6-8,11-13,15,17H,3-5,9-10,14H2,1-2H3/b20-15+. The summed E-state index contributed by atoms with van der Waals surface area (Å²) >= 11 is 12.9. The van der Waals surface area contributed by atoms with Crippen molar-refractivity contribution in [2.45, 2.75) is 44.8 Å². The van der Waals surface area contributed by atoms with Crippen LogP contribution in [0.4, 0.5) is 0 Å². The molecule has 0 bridgehead atoms. The summed E-state index contributed by atoms with van der Waals surface area (Å²) in [5.41, 5.74) is 1.74. The Balaban J connectivity index is 1.76. The maximum absolute atomic E-state index is 12.2. The van der Waals surface area contributed by atoms with E-state index in [1.807, 2.05) is 24.3 Å². The second-order valence-electron chi connectivity index (χ2n) is 7.30. The van der Waals surface area contributed by atoms with Crippen LogP contribution in [0.5, 0.6) is 11.5 Å². The number of hydrogen-bond donors (Lipinski definition) is 0. The number of carbonyl (C=O) groups is 1. The summed E-state index contributed by atoms with van der Waals surface area (Å²) in [5.74, 6) is 0.514. The fraction of sp³-hybridized carbons (Fsp3) is 0.375. The predicted molar refractivity (Wildman–Crippen MR) is 122 cm³/mol. The van der Waals surface area contributed by atoms with Crippen LogP contribution in [-0.2, 0) is 20.9 Å². The first-order chi connectivity index (χ1) is 15.0. The van der Waals surface area contributed by atoms with Gasteiger partial charge in [0.25, 0.3) is 0 Å². The van der Waals surface area contributed by atoms with Gasteiger partial charge in [-0.2, -0.15) is 0 Å². The molecule has 1 saturated carbocycles. The van der Waals surface area contributed by atoms with Crippen molar-refractivity contribution >= 4 is 34.7 Å². The number of methoxy groups -OCH3 is 2. The molecule has 0 saturated heterocycles. The van der Waals surface area contributed by atoms with Crippen molar-refractivity contribution in [2.24, 2.45) is 0 Å². The molecular weight excluding hydrogens is 439 g/mol. The Morgan fingerprint density at radius 3 is 2.39 bits per heavy atom. The lowest BCUT2D eigenvalue weighted by Gasteiger charge is -2.24. The molecule has 0 atom stereocenters. The van der Waals surface area contributed by atoms with Crippen molar-refractivity contribution in [1.29, 1.82) is 0 Å². The zero-order chi connectivity index (χ0) is 22.2. The highest BCUT2D eigenvalue weighted by molar-refractivity contribution is 6.37. The number of ether oxygens (including phenoxy) is 4. The Hall–Kier alpha value is -2.37. The van der Waals surface area contributed by atoms with E-state index in [-0.39, 0.29) is 12.7 Å². The van der Waals surface area contributed by atoms with Gasteiger partial charge in [0, 0.05) is 12.1 Å². The maximum atomic E-state index is 12.2.